The summed E-state index contributed by atoms with van der Waals surface area (Å²) in [7, 11) is 1.78. The van der Waals surface area contributed by atoms with E-state index in [0.29, 0.717) is 18.6 Å². The van der Waals surface area contributed by atoms with Gasteiger partial charge in [-0.1, -0.05) is 25.1 Å². The molecule has 0 saturated heterocycles. The molecule has 0 saturated carbocycles. The van der Waals surface area contributed by atoms with Crippen LogP contribution in [-0.4, -0.2) is 34.4 Å². The monoisotopic (exact) mass is 242 g/mol. The summed E-state index contributed by atoms with van der Waals surface area (Å²) >= 11 is 1.63. The van der Waals surface area contributed by atoms with Crippen LogP contribution in [0.4, 0.5) is 5.95 Å². The second-order valence-corrected chi connectivity index (χ2v) is 4.17. The van der Waals surface area contributed by atoms with E-state index in [0.717, 1.165) is 17.3 Å². The third-order valence-corrected chi connectivity index (χ3v) is 2.75. The summed E-state index contributed by atoms with van der Waals surface area (Å²) in [6, 6.07) is 0.390. The highest BCUT2D eigenvalue weighted by molar-refractivity contribution is 7.99. The molecule has 1 heterocycles. The maximum Gasteiger partial charge on any atom is 0.322 e. The van der Waals surface area contributed by atoms with E-state index in [1.54, 1.807) is 18.8 Å². The molecule has 0 fully saturated rings. The van der Waals surface area contributed by atoms with Crippen LogP contribution in [-0.2, 0) is 0 Å². The van der Waals surface area contributed by atoms with E-state index in [4.69, 9.17) is 4.74 Å². The summed E-state index contributed by atoms with van der Waals surface area (Å²) in [5.74, 6) is 1.58. The molecule has 5 nitrogen and oxygen atoms in total. The fourth-order valence-electron chi connectivity index (χ4n) is 1.02. The molecule has 0 aliphatic carbocycles. The number of thioether (sulfide) groups is 1. The van der Waals surface area contributed by atoms with E-state index in [9.17, 15) is 0 Å². The van der Waals surface area contributed by atoms with Crippen molar-refractivity contribution in [3.05, 3.63) is 0 Å². The minimum Gasteiger partial charge on any atom is -0.464 e. The Balaban J connectivity index is 2.69. The van der Waals surface area contributed by atoms with Crippen LogP contribution in [0.1, 0.15) is 26.7 Å². The van der Waals surface area contributed by atoms with E-state index in [1.165, 1.54) is 6.42 Å². The van der Waals surface area contributed by atoms with Crippen LogP contribution in [0.3, 0.4) is 0 Å². The summed E-state index contributed by atoms with van der Waals surface area (Å²) in [5, 5.41) is 3.62. The van der Waals surface area contributed by atoms with Crippen molar-refractivity contribution >= 4 is 17.7 Å². The molecule has 0 spiro atoms. The smallest absolute Gasteiger partial charge is 0.322 e. The first-order valence-corrected chi connectivity index (χ1v) is 6.48. The highest BCUT2D eigenvalue weighted by Gasteiger charge is 2.06. The summed E-state index contributed by atoms with van der Waals surface area (Å²) < 4.78 is 5.28. The maximum absolute atomic E-state index is 5.28. The Bertz CT molecular complexity index is 322. The van der Waals surface area contributed by atoms with Crippen LogP contribution >= 0.6 is 11.8 Å². The van der Waals surface area contributed by atoms with Crippen molar-refractivity contribution in [2.75, 3.05) is 24.7 Å². The first kappa shape index (κ1) is 13.0. The molecule has 90 valence electrons. The molecule has 0 aromatic carbocycles. The van der Waals surface area contributed by atoms with Crippen LogP contribution < -0.4 is 10.1 Å². The number of nitrogens with one attached hydrogen (secondary N) is 1. The van der Waals surface area contributed by atoms with Gasteiger partial charge in [-0.05, 0) is 13.3 Å². The second kappa shape index (κ2) is 7.27. The summed E-state index contributed by atoms with van der Waals surface area (Å²) in [5.41, 5.74) is 0. The molecule has 1 rings (SSSR count). The predicted octanol–water partition coefficient (Wildman–Crippen LogP) is 2.20. The van der Waals surface area contributed by atoms with E-state index >= 15 is 0 Å². The van der Waals surface area contributed by atoms with Crippen molar-refractivity contribution in [3.8, 4) is 6.01 Å². The number of rotatable bonds is 7. The van der Waals surface area contributed by atoms with Gasteiger partial charge in [-0.25, -0.2) is 0 Å². The van der Waals surface area contributed by atoms with Gasteiger partial charge in [0.2, 0.25) is 5.95 Å². The largest absolute Gasteiger partial charge is 0.464 e. The molecule has 0 atom stereocenters. The van der Waals surface area contributed by atoms with Gasteiger partial charge < -0.3 is 10.1 Å². The summed E-state index contributed by atoms with van der Waals surface area (Å²) in [6.07, 6.45) is 2.34. The Morgan fingerprint density at radius 1 is 1.25 bits per heavy atom. The van der Waals surface area contributed by atoms with Crippen LogP contribution in [0.2, 0.25) is 0 Å². The minimum absolute atomic E-state index is 0.390. The van der Waals surface area contributed by atoms with Gasteiger partial charge in [-0.15, -0.1) is 0 Å². The van der Waals surface area contributed by atoms with Gasteiger partial charge in [-0.2, -0.15) is 15.0 Å². The van der Waals surface area contributed by atoms with Crippen molar-refractivity contribution in [1.29, 1.82) is 0 Å². The van der Waals surface area contributed by atoms with Gasteiger partial charge in [0.05, 0.1) is 6.61 Å². The third kappa shape index (κ3) is 4.22. The number of unbranched alkanes of at least 4 members (excludes halogenated alkanes) is 1. The van der Waals surface area contributed by atoms with Crippen molar-refractivity contribution in [2.45, 2.75) is 31.8 Å². The predicted molar refractivity (Wildman–Crippen MR) is 66.2 cm³/mol. The number of nitrogens with zero attached hydrogens (tertiary/aromatic N) is 3. The first-order chi connectivity index (χ1) is 7.80. The van der Waals surface area contributed by atoms with Gasteiger partial charge >= 0.3 is 6.01 Å². The second-order valence-electron chi connectivity index (χ2n) is 3.11. The lowest BCUT2D eigenvalue weighted by atomic mass is 10.4. The third-order valence-electron chi connectivity index (χ3n) is 1.82. The molecule has 16 heavy (non-hydrogen) atoms. The fourth-order valence-corrected chi connectivity index (χ4v) is 1.93. The SMILES string of the molecule is CCCCSc1nc(NC)nc(OCC)n1. The van der Waals surface area contributed by atoms with Crippen molar-refractivity contribution in [3.63, 3.8) is 0 Å². The summed E-state index contributed by atoms with van der Waals surface area (Å²) in [6.45, 7) is 4.64. The number of hydrogen-bond acceptors (Lipinski definition) is 6. The zero-order valence-corrected chi connectivity index (χ0v) is 10.8. The Hall–Kier alpha value is -1.04. The molecule has 0 amide bonds. The first-order valence-electron chi connectivity index (χ1n) is 5.49. The molecule has 0 radical (unpaired) electrons. The zero-order chi connectivity index (χ0) is 11.8. The van der Waals surface area contributed by atoms with E-state index in [2.05, 4.69) is 27.2 Å². The molecular weight excluding hydrogens is 224 g/mol. The average molecular weight is 242 g/mol. The van der Waals surface area contributed by atoms with Crippen molar-refractivity contribution in [2.24, 2.45) is 0 Å². The molecular formula is C10H18N4OS. The van der Waals surface area contributed by atoms with Crippen molar-refractivity contribution < 1.29 is 4.74 Å². The Morgan fingerprint density at radius 3 is 2.69 bits per heavy atom. The van der Waals surface area contributed by atoms with Crippen LogP contribution in [0.15, 0.2) is 5.16 Å². The van der Waals surface area contributed by atoms with Crippen molar-refractivity contribution in [1.82, 2.24) is 15.0 Å². The Kier molecular flexibility index (Phi) is 5.92. The quantitative estimate of drug-likeness (QED) is 0.584. The van der Waals surface area contributed by atoms with Gasteiger partial charge in [-0.3, -0.25) is 0 Å². The molecule has 1 aromatic rings. The molecule has 0 unspecified atom stereocenters. The van der Waals surface area contributed by atoms with Gasteiger partial charge in [0.25, 0.3) is 0 Å². The molecule has 0 aliphatic rings. The number of hydrogen-bond donors (Lipinski definition) is 1. The normalized spacial score (nSPS) is 10.2. The lowest BCUT2D eigenvalue weighted by molar-refractivity contribution is 0.308. The Morgan fingerprint density at radius 2 is 2.06 bits per heavy atom. The number of ether oxygens (including phenoxy) is 1. The van der Waals surface area contributed by atoms with E-state index < -0.39 is 0 Å². The standard InChI is InChI=1S/C10H18N4OS/c1-4-6-7-16-10-13-8(11-3)12-9(14-10)15-5-2/h4-7H2,1-3H3,(H,11,12,13,14). The molecule has 6 heteroatoms. The molecule has 1 aromatic heterocycles. The number of aromatic nitrogens is 3. The van der Waals surface area contributed by atoms with Gasteiger partial charge in [0.15, 0.2) is 5.16 Å². The van der Waals surface area contributed by atoms with Crippen LogP contribution in [0, 0.1) is 0 Å². The van der Waals surface area contributed by atoms with Crippen LogP contribution in [0.5, 0.6) is 6.01 Å². The average Bonchev–Trinajstić information content (AvgIpc) is 2.29. The maximum atomic E-state index is 5.28. The summed E-state index contributed by atoms with van der Waals surface area (Å²) in [4.78, 5) is 12.6. The lowest BCUT2D eigenvalue weighted by Gasteiger charge is -2.05. The van der Waals surface area contributed by atoms with E-state index in [-0.39, 0.29) is 0 Å². The highest BCUT2D eigenvalue weighted by atomic mass is 32.2. The van der Waals surface area contributed by atoms with Gasteiger partial charge in [0, 0.05) is 12.8 Å². The minimum atomic E-state index is 0.390. The zero-order valence-electron chi connectivity index (χ0n) is 9.99. The highest BCUT2D eigenvalue weighted by Crippen LogP contribution is 2.18. The molecule has 0 bridgehead atoms. The van der Waals surface area contributed by atoms with Crippen LogP contribution in [0.25, 0.3) is 0 Å². The Labute approximate surface area is 100 Å². The number of anilines is 1. The van der Waals surface area contributed by atoms with E-state index in [1.807, 2.05) is 6.92 Å². The molecule has 0 aliphatic heterocycles. The molecule has 1 N–H and O–H groups in total. The van der Waals surface area contributed by atoms with Gasteiger partial charge in [0.1, 0.15) is 0 Å². The lowest BCUT2D eigenvalue weighted by Crippen LogP contribution is -2.04. The topological polar surface area (TPSA) is 59.9 Å². The fraction of sp³-hybridized carbons (Fsp3) is 0.700.